The lowest BCUT2D eigenvalue weighted by Crippen LogP contribution is -2.14. The van der Waals surface area contributed by atoms with Gasteiger partial charge in [-0.25, -0.2) is 0 Å². The molecule has 108 valence electrons. The molecule has 2 aromatic rings. The van der Waals surface area contributed by atoms with Gasteiger partial charge in [0.15, 0.2) is 5.84 Å². The molecule has 0 radical (unpaired) electrons. The van der Waals surface area contributed by atoms with Gasteiger partial charge in [-0.2, -0.15) is 5.10 Å². The van der Waals surface area contributed by atoms with Crippen molar-refractivity contribution in [1.29, 1.82) is 0 Å². The molecule has 0 bridgehead atoms. The maximum atomic E-state index is 5.80. The van der Waals surface area contributed by atoms with Crippen LogP contribution in [0.25, 0.3) is 0 Å². The van der Waals surface area contributed by atoms with Gasteiger partial charge < -0.3 is 15.2 Å². The number of methoxy groups -OCH3 is 2. The summed E-state index contributed by atoms with van der Waals surface area (Å²) >= 11 is 0. The zero-order valence-electron chi connectivity index (χ0n) is 11.9. The van der Waals surface area contributed by atoms with Gasteiger partial charge >= 0.3 is 0 Å². The Bertz CT molecular complexity index is 654. The van der Waals surface area contributed by atoms with Crippen LogP contribution in [-0.4, -0.2) is 31.3 Å². The van der Waals surface area contributed by atoms with E-state index in [1.54, 1.807) is 50.9 Å². The standard InChI is InChI=1S/C15H16N4O2/c1-20-12-6-7-14(21-2)11(9-12)10-18-19-15(16)13-5-3-4-8-17-13/h3-10H,1-2H3,(H2,16,19). The van der Waals surface area contributed by atoms with Crippen LogP contribution in [0, 0.1) is 0 Å². The number of hydrogen-bond donors (Lipinski definition) is 1. The minimum atomic E-state index is 0.244. The number of nitrogens with zero attached hydrogens (tertiary/aromatic N) is 3. The highest BCUT2D eigenvalue weighted by Gasteiger charge is 2.02. The van der Waals surface area contributed by atoms with Gasteiger partial charge in [0.05, 0.1) is 20.4 Å². The fourth-order valence-electron chi connectivity index (χ4n) is 1.66. The van der Waals surface area contributed by atoms with E-state index in [-0.39, 0.29) is 5.84 Å². The highest BCUT2D eigenvalue weighted by molar-refractivity contribution is 5.96. The second-order valence-corrected chi connectivity index (χ2v) is 4.05. The molecule has 2 rings (SSSR count). The Hall–Kier alpha value is -2.89. The molecule has 0 aliphatic rings. The molecular weight excluding hydrogens is 268 g/mol. The second-order valence-electron chi connectivity index (χ2n) is 4.05. The number of pyridine rings is 1. The lowest BCUT2D eigenvalue weighted by molar-refractivity contribution is 0.402. The first-order valence-electron chi connectivity index (χ1n) is 6.24. The van der Waals surface area contributed by atoms with Crippen LogP contribution in [0.4, 0.5) is 0 Å². The molecule has 1 heterocycles. The summed E-state index contributed by atoms with van der Waals surface area (Å²) in [5, 5.41) is 7.89. The molecule has 0 fully saturated rings. The number of nitrogens with two attached hydrogens (primary N) is 1. The quantitative estimate of drug-likeness (QED) is 0.516. The van der Waals surface area contributed by atoms with Gasteiger partial charge in [0.25, 0.3) is 0 Å². The first-order valence-corrected chi connectivity index (χ1v) is 6.24. The third kappa shape index (κ3) is 3.79. The average Bonchev–Trinajstić information content (AvgIpc) is 2.55. The van der Waals surface area contributed by atoms with Gasteiger partial charge in [0.1, 0.15) is 17.2 Å². The Morgan fingerprint density at radius 1 is 1.19 bits per heavy atom. The van der Waals surface area contributed by atoms with Crippen LogP contribution in [0.1, 0.15) is 11.3 Å². The zero-order valence-corrected chi connectivity index (χ0v) is 11.9. The first-order chi connectivity index (χ1) is 10.2. The molecule has 0 spiro atoms. The minimum Gasteiger partial charge on any atom is -0.497 e. The second kappa shape index (κ2) is 7.04. The van der Waals surface area contributed by atoms with Crippen LogP contribution in [-0.2, 0) is 0 Å². The van der Waals surface area contributed by atoms with E-state index >= 15 is 0 Å². The van der Waals surface area contributed by atoms with E-state index < -0.39 is 0 Å². The molecule has 1 aromatic heterocycles. The monoisotopic (exact) mass is 284 g/mol. The molecule has 1 aromatic carbocycles. The van der Waals surface area contributed by atoms with E-state index in [2.05, 4.69) is 15.2 Å². The highest BCUT2D eigenvalue weighted by Crippen LogP contribution is 2.22. The van der Waals surface area contributed by atoms with Gasteiger partial charge in [-0.1, -0.05) is 6.07 Å². The number of benzene rings is 1. The highest BCUT2D eigenvalue weighted by atomic mass is 16.5. The largest absolute Gasteiger partial charge is 0.497 e. The number of hydrogen-bond acceptors (Lipinski definition) is 5. The summed E-state index contributed by atoms with van der Waals surface area (Å²) in [6, 6.07) is 10.8. The fourth-order valence-corrected chi connectivity index (χ4v) is 1.66. The van der Waals surface area contributed by atoms with Crippen molar-refractivity contribution < 1.29 is 9.47 Å². The molecule has 6 heteroatoms. The Kier molecular flexibility index (Phi) is 4.87. The van der Waals surface area contributed by atoms with Crippen molar-refractivity contribution in [1.82, 2.24) is 4.98 Å². The number of aromatic nitrogens is 1. The molecule has 0 atom stereocenters. The van der Waals surface area contributed by atoms with Gasteiger partial charge in [-0.15, -0.1) is 5.10 Å². The molecular formula is C15H16N4O2. The smallest absolute Gasteiger partial charge is 0.171 e. The molecule has 0 amide bonds. The third-order valence-electron chi connectivity index (χ3n) is 2.73. The van der Waals surface area contributed by atoms with Crippen LogP contribution >= 0.6 is 0 Å². The van der Waals surface area contributed by atoms with Gasteiger partial charge in [-0.05, 0) is 30.3 Å². The van der Waals surface area contributed by atoms with Crippen LogP contribution in [0.15, 0.2) is 52.8 Å². The Morgan fingerprint density at radius 2 is 2.05 bits per heavy atom. The lowest BCUT2D eigenvalue weighted by atomic mass is 10.2. The first kappa shape index (κ1) is 14.5. The average molecular weight is 284 g/mol. The Morgan fingerprint density at radius 3 is 2.71 bits per heavy atom. The van der Waals surface area contributed by atoms with Crippen molar-refractivity contribution in [2.24, 2.45) is 15.9 Å². The van der Waals surface area contributed by atoms with E-state index in [1.165, 1.54) is 0 Å². The number of rotatable bonds is 5. The maximum absolute atomic E-state index is 5.80. The number of amidine groups is 1. The van der Waals surface area contributed by atoms with Crippen molar-refractivity contribution in [2.75, 3.05) is 14.2 Å². The molecule has 0 aliphatic carbocycles. The van der Waals surface area contributed by atoms with Crippen LogP contribution in [0.3, 0.4) is 0 Å². The Labute approximate surface area is 122 Å². The van der Waals surface area contributed by atoms with E-state index in [9.17, 15) is 0 Å². The molecule has 0 unspecified atom stereocenters. The van der Waals surface area contributed by atoms with E-state index in [4.69, 9.17) is 15.2 Å². The third-order valence-corrected chi connectivity index (χ3v) is 2.73. The predicted molar refractivity (Wildman–Crippen MR) is 82.1 cm³/mol. The maximum Gasteiger partial charge on any atom is 0.171 e. The summed E-state index contributed by atoms with van der Waals surface area (Å²) in [7, 11) is 3.19. The lowest BCUT2D eigenvalue weighted by Gasteiger charge is -2.06. The van der Waals surface area contributed by atoms with Gasteiger partial charge in [0, 0.05) is 11.8 Å². The summed E-state index contributed by atoms with van der Waals surface area (Å²) in [6.45, 7) is 0. The van der Waals surface area contributed by atoms with Crippen molar-refractivity contribution in [3.8, 4) is 11.5 Å². The summed E-state index contributed by atoms with van der Waals surface area (Å²) in [4.78, 5) is 4.09. The minimum absolute atomic E-state index is 0.244. The van der Waals surface area contributed by atoms with E-state index in [0.29, 0.717) is 17.2 Å². The van der Waals surface area contributed by atoms with Gasteiger partial charge in [-0.3, -0.25) is 4.98 Å². The Balaban J connectivity index is 2.21. The number of ether oxygens (including phenoxy) is 2. The van der Waals surface area contributed by atoms with E-state index in [0.717, 1.165) is 5.56 Å². The topological polar surface area (TPSA) is 82.1 Å². The van der Waals surface area contributed by atoms with Crippen molar-refractivity contribution in [3.05, 3.63) is 53.9 Å². The molecule has 2 N–H and O–H groups in total. The van der Waals surface area contributed by atoms with Crippen LogP contribution in [0.2, 0.25) is 0 Å². The van der Waals surface area contributed by atoms with Crippen LogP contribution in [0.5, 0.6) is 11.5 Å². The predicted octanol–water partition coefficient (Wildman–Crippen LogP) is 1.84. The van der Waals surface area contributed by atoms with Crippen molar-refractivity contribution >= 4 is 12.1 Å². The SMILES string of the molecule is COc1ccc(OC)c(C=NN=C(N)c2ccccn2)c1. The van der Waals surface area contributed by atoms with Crippen LogP contribution < -0.4 is 15.2 Å². The van der Waals surface area contributed by atoms with Gasteiger partial charge in [0.2, 0.25) is 0 Å². The summed E-state index contributed by atoms with van der Waals surface area (Å²) in [5.74, 6) is 1.62. The summed E-state index contributed by atoms with van der Waals surface area (Å²) in [6.07, 6.45) is 3.20. The molecule has 0 saturated heterocycles. The molecule has 21 heavy (non-hydrogen) atoms. The van der Waals surface area contributed by atoms with Crippen molar-refractivity contribution in [2.45, 2.75) is 0 Å². The summed E-state index contributed by atoms with van der Waals surface area (Å²) < 4.78 is 10.4. The molecule has 6 nitrogen and oxygen atoms in total. The van der Waals surface area contributed by atoms with Crippen molar-refractivity contribution in [3.63, 3.8) is 0 Å². The molecule has 0 aliphatic heterocycles. The normalized spacial score (nSPS) is 11.6. The molecule has 0 saturated carbocycles. The van der Waals surface area contributed by atoms with E-state index in [1.807, 2.05) is 12.1 Å². The summed E-state index contributed by atoms with van der Waals surface area (Å²) in [5.41, 5.74) is 7.12. The zero-order chi connectivity index (χ0) is 15.1. The fraction of sp³-hybridized carbons (Fsp3) is 0.133.